The summed E-state index contributed by atoms with van der Waals surface area (Å²) >= 11 is 0. The predicted molar refractivity (Wildman–Crippen MR) is 90.7 cm³/mol. The monoisotopic (exact) mass is 301 g/mol. The van der Waals surface area contributed by atoms with Gasteiger partial charge in [-0.15, -0.1) is 0 Å². The third-order valence-corrected chi connectivity index (χ3v) is 5.88. The van der Waals surface area contributed by atoms with Crippen LogP contribution in [-0.4, -0.2) is 22.1 Å². The first-order valence-corrected chi connectivity index (χ1v) is 8.79. The fourth-order valence-electron chi connectivity index (χ4n) is 4.54. The van der Waals surface area contributed by atoms with Crippen molar-refractivity contribution in [1.82, 2.24) is 15.3 Å². The number of aromatic nitrogens is 2. The zero-order valence-electron chi connectivity index (χ0n) is 14.8. The van der Waals surface area contributed by atoms with E-state index < -0.39 is 0 Å². The van der Waals surface area contributed by atoms with E-state index in [0.29, 0.717) is 11.5 Å². The standard InChI is InChI=1S/C19H31N3/c1-18(2,3)14-10-15-9-13(16(11-14)22-15)12-19(4,5)17-20-7-6-8-21-17/h6-8,13-16,22H,9-12H2,1-5H3. The van der Waals surface area contributed by atoms with Crippen LogP contribution in [0.15, 0.2) is 18.5 Å². The first kappa shape index (κ1) is 15.9. The van der Waals surface area contributed by atoms with Crippen molar-refractivity contribution >= 4 is 0 Å². The average molecular weight is 301 g/mol. The van der Waals surface area contributed by atoms with Crippen LogP contribution in [0.5, 0.6) is 0 Å². The van der Waals surface area contributed by atoms with Crippen molar-refractivity contribution < 1.29 is 0 Å². The first-order chi connectivity index (χ1) is 10.3. The Balaban J connectivity index is 1.70. The largest absolute Gasteiger partial charge is 0.311 e. The molecule has 122 valence electrons. The molecule has 3 heterocycles. The molecule has 3 rings (SSSR count). The molecule has 0 saturated carbocycles. The van der Waals surface area contributed by atoms with Gasteiger partial charge in [0.05, 0.1) is 0 Å². The summed E-state index contributed by atoms with van der Waals surface area (Å²) in [6.45, 7) is 11.8. The van der Waals surface area contributed by atoms with Gasteiger partial charge in [-0.25, -0.2) is 9.97 Å². The van der Waals surface area contributed by atoms with E-state index in [1.807, 2.05) is 18.5 Å². The van der Waals surface area contributed by atoms with Crippen molar-refractivity contribution in [2.24, 2.45) is 17.3 Å². The Hall–Kier alpha value is -0.960. The van der Waals surface area contributed by atoms with Crippen LogP contribution in [-0.2, 0) is 5.41 Å². The van der Waals surface area contributed by atoms with Gasteiger partial charge in [-0.05, 0) is 49.0 Å². The summed E-state index contributed by atoms with van der Waals surface area (Å²) in [7, 11) is 0. The molecular weight excluding hydrogens is 270 g/mol. The van der Waals surface area contributed by atoms with Crippen LogP contribution in [0.1, 0.15) is 66.1 Å². The number of nitrogens with zero attached hydrogens (tertiary/aromatic N) is 2. The van der Waals surface area contributed by atoms with Crippen molar-refractivity contribution in [2.45, 2.75) is 77.8 Å². The summed E-state index contributed by atoms with van der Waals surface area (Å²) in [5.41, 5.74) is 0.494. The van der Waals surface area contributed by atoms with Crippen molar-refractivity contribution in [3.63, 3.8) is 0 Å². The molecule has 2 aliphatic rings. The second-order valence-electron chi connectivity index (χ2n) is 9.16. The Morgan fingerprint density at radius 2 is 1.73 bits per heavy atom. The fraction of sp³-hybridized carbons (Fsp3) is 0.789. The van der Waals surface area contributed by atoms with Gasteiger partial charge in [-0.3, -0.25) is 0 Å². The maximum Gasteiger partial charge on any atom is 0.133 e. The molecule has 2 bridgehead atoms. The van der Waals surface area contributed by atoms with E-state index in [9.17, 15) is 0 Å². The van der Waals surface area contributed by atoms with Crippen molar-refractivity contribution in [3.05, 3.63) is 24.3 Å². The molecule has 2 aliphatic heterocycles. The molecule has 0 amide bonds. The molecule has 3 heteroatoms. The molecule has 1 N–H and O–H groups in total. The van der Waals surface area contributed by atoms with Crippen molar-refractivity contribution in [3.8, 4) is 0 Å². The molecule has 3 nitrogen and oxygen atoms in total. The minimum Gasteiger partial charge on any atom is -0.311 e. The van der Waals surface area contributed by atoms with E-state index >= 15 is 0 Å². The highest BCUT2D eigenvalue weighted by Crippen LogP contribution is 2.45. The SMILES string of the molecule is CC(C)(CC1CC2CC(C(C)(C)C)CC1N2)c1ncccn1. The molecule has 22 heavy (non-hydrogen) atoms. The second-order valence-corrected chi connectivity index (χ2v) is 9.16. The van der Waals surface area contributed by atoms with Crippen LogP contribution in [0.2, 0.25) is 0 Å². The van der Waals surface area contributed by atoms with E-state index in [1.54, 1.807) is 0 Å². The molecule has 0 spiro atoms. The third-order valence-electron chi connectivity index (χ3n) is 5.88. The lowest BCUT2D eigenvalue weighted by Crippen LogP contribution is -2.43. The summed E-state index contributed by atoms with van der Waals surface area (Å²) in [6.07, 6.45) is 8.92. The van der Waals surface area contributed by atoms with Gasteiger partial charge < -0.3 is 5.32 Å². The number of piperidine rings is 1. The van der Waals surface area contributed by atoms with Gasteiger partial charge in [0.25, 0.3) is 0 Å². The maximum absolute atomic E-state index is 4.50. The third kappa shape index (κ3) is 3.19. The quantitative estimate of drug-likeness (QED) is 0.918. The summed E-state index contributed by atoms with van der Waals surface area (Å²) < 4.78 is 0. The van der Waals surface area contributed by atoms with Crippen molar-refractivity contribution in [1.29, 1.82) is 0 Å². The number of hydrogen-bond donors (Lipinski definition) is 1. The van der Waals surface area contributed by atoms with Crippen LogP contribution in [0.3, 0.4) is 0 Å². The van der Waals surface area contributed by atoms with E-state index in [1.165, 1.54) is 25.7 Å². The molecule has 0 aromatic carbocycles. The minimum atomic E-state index is 0.0579. The average Bonchev–Trinajstić information content (AvgIpc) is 2.72. The van der Waals surface area contributed by atoms with Gasteiger partial charge in [-0.1, -0.05) is 34.6 Å². The van der Waals surface area contributed by atoms with Crippen LogP contribution < -0.4 is 5.32 Å². The molecule has 4 atom stereocenters. The minimum absolute atomic E-state index is 0.0579. The Morgan fingerprint density at radius 3 is 2.36 bits per heavy atom. The summed E-state index contributed by atoms with van der Waals surface area (Å²) in [6, 6.07) is 3.31. The molecular formula is C19H31N3. The zero-order chi connectivity index (χ0) is 16.0. The Kier molecular flexibility index (Phi) is 4.05. The van der Waals surface area contributed by atoms with Gasteiger partial charge >= 0.3 is 0 Å². The molecule has 4 unspecified atom stereocenters. The predicted octanol–water partition coefficient (Wildman–Crippen LogP) is 3.95. The van der Waals surface area contributed by atoms with Gasteiger partial charge in [0, 0.05) is 29.9 Å². The van der Waals surface area contributed by atoms with E-state index in [4.69, 9.17) is 0 Å². The molecule has 1 aromatic rings. The Bertz CT molecular complexity index is 503. The second kappa shape index (κ2) is 5.59. The lowest BCUT2D eigenvalue weighted by molar-refractivity contribution is 0.149. The number of hydrogen-bond acceptors (Lipinski definition) is 3. The highest BCUT2D eigenvalue weighted by atomic mass is 15.0. The van der Waals surface area contributed by atoms with Crippen molar-refractivity contribution in [2.75, 3.05) is 0 Å². The fourth-order valence-corrected chi connectivity index (χ4v) is 4.54. The van der Waals surface area contributed by atoms with Gasteiger partial charge in [-0.2, -0.15) is 0 Å². The summed E-state index contributed by atoms with van der Waals surface area (Å²) in [5.74, 6) is 2.60. The maximum atomic E-state index is 4.50. The lowest BCUT2D eigenvalue weighted by atomic mass is 9.72. The zero-order valence-corrected chi connectivity index (χ0v) is 14.8. The van der Waals surface area contributed by atoms with Crippen LogP contribution >= 0.6 is 0 Å². The molecule has 0 aliphatic carbocycles. The van der Waals surface area contributed by atoms with Gasteiger partial charge in [0.15, 0.2) is 0 Å². The molecule has 2 saturated heterocycles. The van der Waals surface area contributed by atoms with Crippen LogP contribution in [0, 0.1) is 17.3 Å². The Morgan fingerprint density at radius 1 is 1.05 bits per heavy atom. The van der Waals surface area contributed by atoms with E-state index in [0.717, 1.165) is 23.7 Å². The normalized spacial score (nSPS) is 32.2. The number of nitrogens with one attached hydrogen (secondary N) is 1. The molecule has 2 fully saturated rings. The number of rotatable bonds is 3. The number of fused-ring (bicyclic) bond motifs is 2. The smallest absolute Gasteiger partial charge is 0.133 e. The summed E-state index contributed by atoms with van der Waals surface area (Å²) in [4.78, 5) is 9.00. The highest BCUT2D eigenvalue weighted by molar-refractivity contribution is 5.08. The molecule has 0 radical (unpaired) electrons. The lowest BCUT2D eigenvalue weighted by Gasteiger charge is -2.39. The van der Waals surface area contributed by atoms with Gasteiger partial charge in [0.1, 0.15) is 5.82 Å². The first-order valence-electron chi connectivity index (χ1n) is 8.79. The van der Waals surface area contributed by atoms with Gasteiger partial charge in [0.2, 0.25) is 0 Å². The van der Waals surface area contributed by atoms with Crippen LogP contribution in [0.25, 0.3) is 0 Å². The molecule has 1 aromatic heterocycles. The van der Waals surface area contributed by atoms with Crippen LogP contribution in [0.4, 0.5) is 0 Å². The summed E-state index contributed by atoms with van der Waals surface area (Å²) in [5, 5.41) is 3.88. The van der Waals surface area contributed by atoms with E-state index in [-0.39, 0.29) is 5.41 Å². The van der Waals surface area contributed by atoms with E-state index in [2.05, 4.69) is 49.9 Å². The highest BCUT2D eigenvalue weighted by Gasteiger charge is 2.45. The topological polar surface area (TPSA) is 37.8 Å². The Labute approximate surface area is 135 Å².